The predicted molar refractivity (Wildman–Crippen MR) is 91.3 cm³/mol. The molecule has 4 aliphatic heterocycles. The molecule has 0 amide bonds. The van der Waals surface area contributed by atoms with Gasteiger partial charge in [-0.05, 0) is 30.2 Å². The summed E-state index contributed by atoms with van der Waals surface area (Å²) in [4.78, 5) is 5.44. The van der Waals surface area contributed by atoms with E-state index in [2.05, 4.69) is 69.7 Å². The molecule has 0 radical (unpaired) electrons. The molecule has 5 unspecified atom stereocenters. The second kappa shape index (κ2) is 4.16. The lowest BCUT2D eigenvalue weighted by atomic mass is 9.74. The van der Waals surface area contributed by atoms with Gasteiger partial charge in [-0.2, -0.15) is 0 Å². The fourth-order valence-corrected chi connectivity index (χ4v) is 5.68. The van der Waals surface area contributed by atoms with Crippen molar-refractivity contribution >= 4 is 5.69 Å². The Morgan fingerprint density at radius 2 is 1.87 bits per heavy atom. The second-order valence-electron chi connectivity index (χ2n) is 7.55. The molecule has 3 heteroatoms. The van der Waals surface area contributed by atoms with Crippen LogP contribution in [0, 0.1) is 0 Å². The second-order valence-corrected chi connectivity index (χ2v) is 7.55. The van der Waals surface area contributed by atoms with Gasteiger partial charge in [0.15, 0.2) is 0 Å². The molecule has 5 atom stereocenters. The third-order valence-corrected chi connectivity index (χ3v) is 6.56. The number of hydrogen-bond donors (Lipinski definition) is 1. The first-order valence-electron chi connectivity index (χ1n) is 8.78. The molecule has 0 aliphatic carbocycles. The van der Waals surface area contributed by atoms with Crippen LogP contribution in [0.15, 0.2) is 54.6 Å². The van der Waals surface area contributed by atoms with Crippen molar-refractivity contribution in [2.75, 3.05) is 18.4 Å². The van der Waals surface area contributed by atoms with Crippen LogP contribution in [-0.2, 0) is 12.0 Å². The van der Waals surface area contributed by atoms with E-state index in [0.717, 1.165) is 12.6 Å². The van der Waals surface area contributed by atoms with Gasteiger partial charge in [-0.3, -0.25) is 9.80 Å². The lowest BCUT2D eigenvalue weighted by molar-refractivity contribution is 0.214. The Labute approximate surface area is 136 Å². The van der Waals surface area contributed by atoms with Crippen molar-refractivity contribution in [1.29, 1.82) is 0 Å². The van der Waals surface area contributed by atoms with Gasteiger partial charge in [0.2, 0.25) is 0 Å². The molecule has 2 aromatic rings. The quantitative estimate of drug-likeness (QED) is 0.860. The van der Waals surface area contributed by atoms with Crippen molar-refractivity contribution in [3.63, 3.8) is 0 Å². The molecule has 116 valence electrons. The van der Waals surface area contributed by atoms with E-state index in [4.69, 9.17) is 0 Å². The Balaban J connectivity index is 1.42. The third kappa shape index (κ3) is 1.47. The smallest absolute Gasteiger partial charge is 0.0913 e. The van der Waals surface area contributed by atoms with Crippen LogP contribution < -0.4 is 5.32 Å². The van der Waals surface area contributed by atoms with E-state index in [1.165, 1.54) is 30.8 Å². The first-order chi connectivity index (χ1) is 11.4. The van der Waals surface area contributed by atoms with Gasteiger partial charge < -0.3 is 5.32 Å². The number of rotatable bonds is 2. The topological polar surface area (TPSA) is 18.3 Å². The molecule has 23 heavy (non-hydrogen) atoms. The van der Waals surface area contributed by atoms with Gasteiger partial charge >= 0.3 is 0 Å². The lowest BCUT2D eigenvalue weighted by Gasteiger charge is -2.34. The normalized spacial score (nSPS) is 39.3. The number of piperidine rings is 1. The summed E-state index contributed by atoms with van der Waals surface area (Å²) in [6.45, 7) is 3.58. The first kappa shape index (κ1) is 12.6. The molecule has 1 N–H and O–H groups in total. The van der Waals surface area contributed by atoms with Crippen LogP contribution in [-0.4, -0.2) is 41.1 Å². The van der Waals surface area contributed by atoms with Crippen molar-refractivity contribution in [2.45, 2.75) is 36.6 Å². The zero-order chi connectivity index (χ0) is 15.0. The molecular formula is C20H21N3. The minimum atomic E-state index is 0.314. The van der Waals surface area contributed by atoms with E-state index in [1.54, 1.807) is 5.56 Å². The summed E-state index contributed by atoms with van der Waals surface area (Å²) in [7, 11) is 0. The Morgan fingerprint density at radius 1 is 1.04 bits per heavy atom. The van der Waals surface area contributed by atoms with Gasteiger partial charge in [0.05, 0.1) is 6.17 Å². The first-order valence-corrected chi connectivity index (χ1v) is 8.78. The van der Waals surface area contributed by atoms with Crippen LogP contribution in [0.25, 0.3) is 0 Å². The standard InChI is InChI=1S/C20H21N3/c1-2-6-14(7-3-1)12-22-11-10-20-15-8-4-5-9-16(15)21-19(20)23-13-17(23)18(20)22/h1-9,17-19,21H,10-13H2. The highest BCUT2D eigenvalue weighted by Gasteiger charge is 2.72. The monoisotopic (exact) mass is 303 g/mol. The van der Waals surface area contributed by atoms with E-state index < -0.39 is 0 Å². The Kier molecular flexibility index (Phi) is 2.27. The summed E-state index contributed by atoms with van der Waals surface area (Å²) in [6, 6.07) is 21.4. The highest BCUT2D eigenvalue weighted by molar-refractivity contribution is 5.65. The van der Waals surface area contributed by atoms with Crippen LogP contribution in [0.2, 0.25) is 0 Å². The molecule has 3 fully saturated rings. The molecule has 3 saturated heterocycles. The number of benzene rings is 2. The van der Waals surface area contributed by atoms with Crippen molar-refractivity contribution in [2.24, 2.45) is 0 Å². The zero-order valence-electron chi connectivity index (χ0n) is 13.2. The van der Waals surface area contributed by atoms with Crippen LogP contribution in [0.1, 0.15) is 17.5 Å². The fourth-order valence-electron chi connectivity index (χ4n) is 5.68. The molecule has 2 aromatic carbocycles. The summed E-state index contributed by atoms with van der Waals surface area (Å²) in [5.41, 5.74) is 4.69. The Morgan fingerprint density at radius 3 is 2.78 bits per heavy atom. The van der Waals surface area contributed by atoms with Crippen LogP contribution in [0.5, 0.6) is 0 Å². The number of hydrogen-bond acceptors (Lipinski definition) is 3. The van der Waals surface area contributed by atoms with Gasteiger partial charge in [-0.25, -0.2) is 0 Å². The highest BCUT2D eigenvalue weighted by Crippen LogP contribution is 2.61. The Hall–Kier alpha value is -1.84. The maximum atomic E-state index is 3.83. The van der Waals surface area contributed by atoms with E-state index in [0.29, 0.717) is 17.6 Å². The van der Waals surface area contributed by atoms with Crippen molar-refractivity contribution < 1.29 is 0 Å². The third-order valence-electron chi connectivity index (χ3n) is 6.56. The van der Waals surface area contributed by atoms with Crippen LogP contribution >= 0.6 is 0 Å². The highest BCUT2D eigenvalue weighted by atomic mass is 15.5. The van der Waals surface area contributed by atoms with Crippen LogP contribution in [0.4, 0.5) is 5.69 Å². The van der Waals surface area contributed by atoms with Gasteiger partial charge in [0.25, 0.3) is 0 Å². The summed E-state index contributed by atoms with van der Waals surface area (Å²) in [5, 5.41) is 3.83. The molecule has 3 nitrogen and oxygen atoms in total. The number of nitrogens with zero attached hydrogens (tertiary/aromatic N) is 2. The van der Waals surface area contributed by atoms with E-state index in [1.807, 2.05) is 0 Å². The van der Waals surface area contributed by atoms with Gasteiger partial charge in [0.1, 0.15) is 0 Å². The molecular weight excluding hydrogens is 282 g/mol. The number of anilines is 1. The maximum Gasteiger partial charge on any atom is 0.0913 e. The summed E-state index contributed by atoms with van der Waals surface area (Å²) >= 11 is 0. The molecule has 6 rings (SSSR count). The van der Waals surface area contributed by atoms with Crippen molar-refractivity contribution in [3.8, 4) is 0 Å². The number of nitrogens with one attached hydrogen (secondary N) is 1. The van der Waals surface area contributed by atoms with E-state index in [9.17, 15) is 0 Å². The molecule has 1 spiro atoms. The van der Waals surface area contributed by atoms with Crippen molar-refractivity contribution in [3.05, 3.63) is 65.7 Å². The lowest BCUT2D eigenvalue weighted by Crippen LogP contribution is -2.48. The zero-order valence-corrected chi connectivity index (χ0v) is 13.2. The average molecular weight is 303 g/mol. The largest absolute Gasteiger partial charge is 0.369 e. The SMILES string of the molecule is c1ccc(CN2CCC34c5ccccc5NC3N3CC3C24)cc1. The molecule has 4 heterocycles. The molecule has 4 aliphatic rings. The predicted octanol–water partition coefficient (Wildman–Crippen LogP) is 2.65. The fraction of sp³-hybridized carbons (Fsp3) is 0.400. The van der Waals surface area contributed by atoms with Gasteiger partial charge in [-0.1, -0.05) is 48.5 Å². The number of para-hydroxylation sites is 1. The minimum Gasteiger partial charge on any atom is -0.369 e. The van der Waals surface area contributed by atoms with Crippen molar-refractivity contribution in [1.82, 2.24) is 9.80 Å². The maximum absolute atomic E-state index is 3.83. The summed E-state index contributed by atoms with van der Waals surface area (Å²) < 4.78 is 0. The Bertz CT molecular complexity index is 773. The van der Waals surface area contributed by atoms with E-state index >= 15 is 0 Å². The molecule has 0 aromatic heterocycles. The average Bonchev–Trinajstić information content (AvgIpc) is 3.05. The van der Waals surface area contributed by atoms with E-state index in [-0.39, 0.29) is 0 Å². The number of fused-ring (bicyclic) bond motifs is 4. The van der Waals surface area contributed by atoms with Gasteiger partial charge in [0, 0.05) is 36.3 Å². The summed E-state index contributed by atoms with van der Waals surface area (Å²) in [6.07, 6.45) is 1.81. The van der Waals surface area contributed by atoms with Crippen LogP contribution in [0.3, 0.4) is 0 Å². The molecule has 0 saturated carbocycles. The summed E-state index contributed by atoms with van der Waals surface area (Å²) in [5.74, 6) is 0. The minimum absolute atomic E-state index is 0.314. The molecule has 0 bridgehead atoms. The van der Waals surface area contributed by atoms with Gasteiger partial charge in [-0.15, -0.1) is 0 Å². The number of likely N-dealkylation sites (tertiary alicyclic amines) is 1.